The van der Waals surface area contributed by atoms with E-state index >= 15 is 0 Å². The second kappa shape index (κ2) is 4.61. The molecule has 0 spiro atoms. The van der Waals surface area contributed by atoms with E-state index in [1.165, 1.54) is 37.5 Å². The average Bonchev–Trinajstić information content (AvgIpc) is 3.09. The lowest BCUT2D eigenvalue weighted by Gasteiger charge is -2.27. The Morgan fingerprint density at radius 2 is 1.94 bits per heavy atom. The number of hydrogen-bond acceptors (Lipinski definition) is 1. The fraction of sp³-hybridized carbons (Fsp3) is 0.600. The van der Waals surface area contributed by atoms with E-state index in [4.69, 9.17) is 0 Å². The average molecular weight is 251 g/mol. The number of benzene rings is 1. The normalized spacial score (nSPS) is 31.8. The van der Waals surface area contributed by atoms with E-state index in [9.17, 15) is 8.78 Å². The van der Waals surface area contributed by atoms with Gasteiger partial charge in [-0.05, 0) is 43.7 Å². The summed E-state index contributed by atoms with van der Waals surface area (Å²) < 4.78 is 27.4. The number of rotatable bonds is 3. The molecule has 2 aliphatic carbocycles. The molecule has 3 rings (SSSR count). The monoisotopic (exact) mass is 251 g/mol. The lowest BCUT2D eigenvalue weighted by molar-refractivity contribution is 0.322. The van der Waals surface area contributed by atoms with Crippen LogP contribution in [0.4, 0.5) is 8.78 Å². The Labute approximate surface area is 107 Å². The van der Waals surface area contributed by atoms with Gasteiger partial charge in [0.2, 0.25) is 0 Å². The van der Waals surface area contributed by atoms with Crippen LogP contribution in [-0.4, -0.2) is 6.04 Å². The zero-order valence-electron chi connectivity index (χ0n) is 10.6. The maximum Gasteiger partial charge on any atom is 0.130 e. The van der Waals surface area contributed by atoms with Gasteiger partial charge in [-0.25, -0.2) is 8.78 Å². The lowest BCUT2D eigenvalue weighted by Crippen LogP contribution is -2.36. The number of fused-ring (bicyclic) bond motifs is 1. The van der Waals surface area contributed by atoms with Crippen molar-refractivity contribution < 1.29 is 8.78 Å². The highest BCUT2D eigenvalue weighted by Gasteiger charge is 2.45. The summed E-state index contributed by atoms with van der Waals surface area (Å²) in [6.07, 6.45) is 5.02. The van der Waals surface area contributed by atoms with Gasteiger partial charge >= 0.3 is 0 Å². The van der Waals surface area contributed by atoms with Crippen LogP contribution in [0.25, 0.3) is 0 Å². The fourth-order valence-electron chi connectivity index (χ4n) is 3.45. The predicted molar refractivity (Wildman–Crippen MR) is 67.1 cm³/mol. The molecule has 4 unspecified atom stereocenters. The van der Waals surface area contributed by atoms with Crippen molar-refractivity contribution in [2.24, 2.45) is 11.8 Å². The van der Waals surface area contributed by atoms with Crippen molar-refractivity contribution >= 4 is 0 Å². The first-order valence-electron chi connectivity index (χ1n) is 6.87. The Bertz CT molecular complexity index is 426. The maximum atomic E-state index is 13.7. The Balaban J connectivity index is 1.72. The third kappa shape index (κ3) is 2.16. The first-order valence-corrected chi connectivity index (χ1v) is 6.87. The van der Waals surface area contributed by atoms with Crippen LogP contribution in [0.1, 0.15) is 44.2 Å². The molecule has 1 aromatic carbocycles. The summed E-state index contributed by atoms with van der Waals surface area (Å²) in [5, 5.41) is 3.43. The van der Waals surface area contributed by atoms with E-state index in [0.29, 0.717) is 6.04 Å². The minimum atomic E-state index is -0.446. The van der Waals surface area contributed by atoms with E-state index in [1.807, 2.05) is 6.92 Å². The summed E-state index contributed by atoms with van der Waals surface area (Å²) in [7, 11) is 0. The molecular formula is C15H19F2N. The molecule has 0 bridgehead atoms. The largest absolute Gasteiger partial charge is 0.307 e. The van der Waals surface area contributed by atoms with Crippen LogP contribution in [0.3, 0.4) is 0 Å². The van der Waals surface area contributed by atoms with Gasteiger partial charge in [0.25, 0.3) is 0 Å². The summed E-state index contributed by atoms with van der Waals surface area (Å²) >= 11 is 0. The van der Waals surface area contributed by atoms with E-state index in [-0.39, 0.29) is 11.6 Å². The van der Waals surface area contributed by atoms with Crippen molar-refractivity contribution in [1.29, 1.82) is 0 Å². The fourth-order valence-corrected chi connectivity index (χ4v) is 3.45. The van der Waals surface area contributed by atoms with E-state index < -0.39 is 11.6 Å². The number of hydrogen-bond donors (Lipinski definition) is 1. The van der Waals surface area contributed by atoms with Crippen LogP contribution >= 0.6 is 0 Å². The SMILES string of the molecule is CC(NC1CCCC2CC21)c1c(F)cccc1F. The van der Waals surface area contributed by atoms with Crippen molar-refractivity contribution in [3.8, 4) is 0 Å². The van der Waals surface area contributed by atoms with Crippen LogP contribution in [0.2, 0.25) is 0 Å². The summed E-state index contributed by atoms with van der Waals surface area (Å²) in [6.45, 7) is 1.85. The number of halogens is 2. The van der Waals surface area contributed by atoms with Gasteiger partial charge in [0.05, 0.1) is 0 Å². The molecule has 3 heteroatoms. The quantitative estimate of drug-likeness (QED) is 0.861. The Morgan fingerprint density at radius 3 is 2.67 bits per heavy atom. The molecule has 0 amide bonds. The second-order valence-electron chi connectivity index (χ2n) is 5.72. The summed E-state index contributed by atoms with van der Waals surface area (Å²) in [5.41, 5.74) is 0.181. The molecule has 0 aromatic heterocycles. The zero-order chi connectivity index (χ0) is 12.7. The van der Waals surface area contributed by atoms with Crippen molar-refractivity contribution in [1.82, 2.24) is 5.32 Å². The van der Waals surface area contributed by atoms with Crippen molar-refractivity contribution in [2.75, 3.05) is 0 Å². The van der Waals surface area contributed by atoms with Gasteiger partial charge in [0.1, 0.15) is 11.6 Å². The molecule has 1 N–H and O–H groups in total. The predicted octanol–water partition coefficient (Wildman–Crippen LogP) is 3.80. The van der Waals surface area contributed by atoms with Gasteiger partial charge in [-0.3, -0.25) is 0 Å². The molecule has 1 aromatic rings. The van der Waals surface area contributed by atoms with Gasteiger partial charge in [-0.1, -0.05) is 18.9 Å². The van der Waals surface area contributed by atoms with E-state index in [1.54, 1.807) is 0 Å². The third-order valence-electron chi connectivity index (χ3n) is 4.48. The molecule has 0 aliphatic heterocycles. The van der Waals surface area contributed by atoms with Crippen LogP contribution in [-0.2, 0) is 0 Å². The maximum absolute atomic E-state index is 13.7. The highest BCUT2D eigenvalue weighted by atomic mass is 19.1. The Morgan fingerprint density at radius 1 is 1.22 bits per heavy atom. The minimum absolute atomic E-state index is 0.181. The molecule has 0 radical (unpaired) electrons. The van der Waals surface area contributed by atoms with Gasteiger partial charge < -0.3 is 5.32 Å². The summed E-state index contributed by atoms with van der Waals surface area (Å²) in [6, 6.07) is 4.26. The molecule has 0 heterocycles. The smallest absolute Gasteiger partial charge is 0.130 e. The van der Waals surface area contributed by atoms with Gasteiger partial charge in [0, 0.05) is 17.6 Å². The molecule has 2 fully saturated rings. The van der Waals surface area contributed by atoms with E-state index in [2.05, 4.69) is 5.32 Å². The molecule has 2 saturated carbocycles. The van der Waals surface area contributed by atoms with Crippen LogP contribution in [0.5, 0.6) is 0 Å². The van der Waals surface area contributed by atoms with Gasteiger partial charge in [0.15, 0.2) is 0 Å². The van der Waals surface area contributed by atoms with Gasteiger partial charge in [-0.2, -0.15) is 0 Å². The molecule has 2 aliphatic rings. The zero-order valence-corrected chi connectivity index (χ0v) is 10.6. The standard InChI is InChI=1S/C15H19F2N/c1-9(15-12(16)5-3-6-13(15)17)18-14-7-2-4-10-8-11(10)14/h3,5-6,9-11,14,18H,2,4,7-8H2,1H3. The number of nitrogens with one attached hydrogen (secondary N) is 1. The molecule has 1 nitrogen and oxygen atoms in total. The highest BCUT2D eigenvalue weighted by molar-refractivity contribution is 5.23. The molecule has 98 valence electrons. The van der Waals surface area contributed by atoms with Crippen molar-refractivity contribution in [3.05, 3.63) is 35.4 Å². The van der Waals surface area contributed by atoms with Crippen LogP contribution in [0.15, 0.2) is 18.2 Å². The third-order valence-corrected chi connectivity index (χ3v) is 4.48. The lowest BCUT2D eigenvalue weighted by atomic mass is 9.94. The molecule has 18 heavy (non-hydrogen) atoms. The van der Waals surface area contributed by atoms with Crippen LogP contribution < -0.4 is 5.32 Å². The van der Waals surface area contributed by atoms with Crippen molar-refractivity contribution in [3.63, 3.8) is 0 Å². The minimum Gasteiger partial charge on any atom is -0.307 e. The van der Waals surface area contributed by atoms with E-state index in [0.717, 1.165) is 18.3 Å². The first kappa shape index (κ1) is 12.1. The Kier molecular flexibility index (Phi) is 3.10. The highest BCUT2D eigenvalue weighted by Crippen LogP contribution is 2.50. The molecular weight excluding hydrogens is 232 g/mol. The Hall–Kier alpha value is -0.960. The summed E-state index contributed by atoms with van der Waals surface area (Å²) in [5.74, 6) is 0.723. The van der Waals surface area contributed by atoms with Crippen LogP contribution in [0, 0.1) is 23.5 Å². The topological polar surface area (TPSA) is 12.0 Å². The van der Waals surface area contributed by atoms with Gasteiger partial charge in [-0.15, -0.1) is 0 Å². The van der Waals surface area contributed by atoms with Crippen molar-refractivity contribution in [2.45, 2.75) is 44.7 Å². The molecule has 4 atom stereocenters. The first-order chi connectivity index (χ1) is 8.66. The second-order valence-corrected chi connectivity index (χ2v) is 5.72. The molecule has 0 saturated heterocycles. The summed E-state index contributed by atoms with van der Waals surface area (Å²) in [4.78, 5) is 0.